The van der Waals surface area contributed by atoms with E-state index in [-0.39, 0.29) is 17.5 Å². The Morgan fingerprint density at radius 1 is 1.03 bits per heavy atom. The standard InChI is InChI=1S/C24H19F2N3O2/c25-17-7-2-1-6-16(17)15-11-12-22-20(14-15)27-23(31-22)21-10-5-13-29(21)24(30)28-19-9-4-3-8-18(19)26/h1-4,6-9,11-12,14,21H,5,10,13H2,(H,28,30). The number of halogens is 2. The fourth-order valence-corrected chi connectivity index (χ4v) is 3.97. The van der Waals surface area contributed by atoms with Crippen LogP contribution in [0.4, 0.5) is 19.3 Å². The van der Waals surface area contributed by atoms with E-state index in [1.165, 1.54) is 18.2 Å². The number of urea groups is 1. The molecular formula is C24H19F2N3O2. The second kappa shape index (κ2) is 7.83. The minimum absolute atomic E-state index is 0.130. The number of para-hydroxylation sites is 1. The molecule has 1 aliphatic rings. The number of hydrogen-bond donors (Lipinski definition) is 1. The van der Waals surface area contributed by atoms with Crippen molar-refractivity contribution in [2.45, 2.75) is 18.9 Å². The van der Waals surface area contributed by atoms with Gasteiger partial charge in [0.25, 0.3) is 0 Å². The van der Waals surface area contributed by atoms with Crippen LogP contribution >= 0.6 is 0 Å². The van der Waals surface area contributed by atoms with Crippen LogP contribution < -0.4 is 5.32 Å². The minimum Gasteiger partial charge on any atom is -0.438 e. The SMILES string of the molecule is O=C(Nc1ccccc1F)N1CCCC1c1nc2cc(-c3ccccc3F)ccc2o1. The Hall–Kier alpha value is -3.74. The Kier molecular flexibility index (Phi) is 4.86. The van der Waals surface area contributed by atoms with Crippen molar-refractivity contribution < 1.29 is 18.0 Å². The lowest BCUT2D eigenvalue weighted by Gasteiger charge is -2.22. The van der Waals surface area contributed by atoms with Crippen LogP contribution in [0, 0.1) is 11.6 Å². The predicted octanol–water partition coefficient (Wildman–Crippen LogP) is 6.14. The monoisotopic (exact) mass is 419 g/mol. The van der Waals surface area contributed by atoms with Gasteiger partial charge in [-0.1, -0.05) is 36.4 Å². The Balaban J connectivity index is 1.42. The van der Waals surface area contributed by atoms with Crippen LogP contribution in [0.5, 0.6) is 0 Å². The zero-order valence-electron chi connectivity index (χ0n) is 16.5. The number of aromatic nitrogens is 1. The summed E-state index contributed by atoms with van der Waals surface area (Å²) in [6.07, 6.45) is 1.48. The second-order valence-electron chi connectivity index (χ2n) is 7.48. The van der Waals surface area contributed by atoms with Gasteiger partial charge in [-0.3, -0.25) is 0 Å². The molecule has 2 heterocycles. The molecule has 156 valence electrons. The molecule has 7 heteroatoms. The maximum absolute atomic E-state index is 14.2. The van der Waals surface area contributed by atoms with Crippen LogP contribution in [0.2, 0.25) is 0 Å². The summed E-state index contributed by atoms with van der Waals surface area (Å²) in [5.41, 5.74) is 2.48. The molecule has 0 saturated carbocycles. The lowest BCUT2D eigenvalue weighted by atomic mass is 10.0. The molecule has 1 aliphatic heterocycles. The number of nitrogens with zero attached hydrogens (tertiary/aromatic N) is 2. The number of nitrogens with one attached hydrogen (secondary N) is 1. The Morgan fingerprint density at radius 2 is 1.81 bits per heavy atom. The van der Waals surface area contributed by atoms with E-state index in [4.69, 9.17) is 4.42 Å². The number of fused-ring (bicyclic) bond motifs is 1. The first-order valence-electron chi connectivity index (χ1n) is 10.1. The quantitative estimate of drug-likeness (QED) is 0.434. The summed E-state index contributed by atoms with van der Waals surface area (Å²) in [6, 6.07) is 17.2. The van der Waals surface area contributed by atoms with Crippen LogP contribution in [-0.4, -0.2) is 22.5 Å². The van der Waals surface area contributed by atoms with Crippen molar-refractivity contribution in [1.29, 1.82) is 0 Å². The fourth-order valence-electron chi connectivity index (χ4n) is 3.97. The average molecular weight is 419 g/mol. The van der Waals surface area contributed by atoms with E-state index in [1.807, 2.05) is 0 Å². The molecule has 2 amide bonds. The molecule has 1 N–H and O–H groups in total. The highest BCUT2D eigenvalue weighted by Crippen LogP contribution is 2.35. The van der Waals surface area contributed by atoms with Gasteiger partial charge in [0.2, 0.25) is 5.89 Å². The molecule has 1 fully saturated rings. The molecule has 0 aliphatic carbocycles. The lowest BCUT2D eigenvalue weighted by Crippen LogP contribution is -2.34. The lowest BCUT2D eigenvalue weighted by molar-refractivity contribution is 0.198. The Morgan fingerprint density at radius 3 is 2.61 bits per heavy atom. The first-order chi connectivity index (χ1) is 15.1. The second-order valence-corrected chi connectivity index (χ2v) is 7.48. The van der Waals surface area contributed by atoms with Gasteiger partial charge in [0.1, 0.15) is 23.2 Å². The van der Waals surface area contributed by atoms with E-state index in [0.29, 0.717) is 41.1 Å². The summed E-state index contributed by atoms with van der Waals surface area (Å²) in [5, 5.41) is 2.62. The Bertz CT molecular complexity index is 1270. The molecule has 3 aromatic carbocycles. The van der Waals surface area contributed by atoms with Crippen molar-refractivity contribution in [2.75, 3.05) is 11.9 Å². The maximum atomic E-state index is 14.2. The highest BCUT2D eigenvalue weighted by atomic mass is 19.1. The van der Waals surface area contributed by atoms with E-state index in [1.54, 1.807) is 53.4 Å². The molecule has 4 aromatic rings. The largest absolute Gasteiger partial charge is 0.438 e. The molecule has 5 nitrogen and oxygen atoms in total. The molecule has 31 heavy (non-hydrogen) atoms. The summed E-state index contributed by atoms with van der Waals surface area (Å²) < 4.78 is 34.0. The summed E-state index contributed by atoms with van der Waals surface area (Å²) >= 11 is 0. The zero-order chi connectivity index (χ0) is 21.4. The number of likely N-dealkylation sites (tertiary alicyclic amines) is 1. The smallest absolute Gasteiger partial charge is 0.322 e. The van der Waals surface area contributed by atoms with Gasteiger partial charge in [-0.2, -0.15) is 0 Å². The number of rotatable bonds is 3. The van der Waals surface area contributed by atoms with E-state index < -0.39 is 11.8 Å². The van der Waals surface area contributed by atoms with Crippen LogP contribution in [0.1, 0.15) is 24.8 Å². The van der Waals surface area contributed by atoms with Crippen molar-refractivity contribution in [3.05, 3.63) is 84.3 Å². The van der Waals surface area contributed by atoms with E-state index in [2.05, 4.69) is 10.3 Å². The molecule has 5 rings (SSSR count). The normalized spacial score (nSPS) is 16.1. The number of benzene rings is 3. The third kappa shape index (κ3) is 3.63. The van der Waals surface area contributed by atoms with E-state index in [0.717, 1.165) is 6.42 Å². The summed E-state index contributed by atoms with van der Waals surface area (Å²) in [5.74, 6) is -0.381. The first-order valence-corrected chi connectivity index (χ1v) is 10.1. The van der Waals surface area contributed by atoms with Gasteiger partial charge in [0, 0.05) is 12.1 Å². The predicted molar refractivity (Wildman–Crippen MR) is 114 cm³/mol. The number of hydrogen-bond acceptors (Lipinski definition) is 3. The van der Waals surface area contributed by atoms with Crippen LogP contribution in [0.3, 0.4) is 0 Å². The van der Waals surface area contributed by atoms with E-state index in [9.17, 15) is 13.6 Å². The highest BCUT2D eigenvalue weighted by Gasteiger charge is 2.34. The highest BCUT2D eigenvalue weighted by molar-refractivity contribution is 5.90. The van der Waals surface area contributed by atoms with Crippen molar-refractivity contribution in [3.63, 3.8) is 0 Å². The van der Waals surface area contributed by atoms with E-state index >= 15 is 0 Å². The van der Waals surface area contributed by atoms with Crippen molar-refractivity contribution in [2.24, 2.45) is 0 Å². The average Bonchev–Trinajstić information content (AvgIpc) is 3.42. The molecular weight excluding hydrogens is 400 g/mol. The topological polar surface area (TPSA) is 58.4 Å². The molecule has 0 spiro atoms. The molecule has 1 unspecified atom stereocenters. The van der Waals surface area contributed by atoms with Crippen molar-refractivity contribution in [1.82, 2.24) is 9.88 Å². The maximum Gasteiger partial charge on any atom is 0.322 e. The molecule has 1 saturated heterocycles. The summed E-state index contributed by atoms with van der Waals surface area (Å²) in [7, 11) is 0. The number of anilines is 1. The van der Waals surface area contributed by atoms with Gasteiger partial charge in [-0.25, -0.2) is 18.6 Å². The van der Waals surface area contributed by atoms with Gasteiger partial charge in [0.15, 0.2) is 5.58 Å². The molecule has 0 radical (unpaired) electrons. The van der Waals surface area contributed by atoms with Crippen molar-refractivity contribution >= 4 is 22.8 Å². The fraction of sp³-hybridized carbons (Fsp3) is 0.167. The third-order valence-electron chi connectivity index (χ3n) is 5.50. The minimum atomic E-state index is -0.492. The molecule has 1 aromatic heterocycles. The first kappa shape index (κ1) is 19.2. The zero-order valence-corrected chi connectivity index (χ0v) is 16.5. The number of oxazole rings is 1. The van der Waals surface area contributed by atoms with Gasteiger partial charge in [0.05, 0.1) is 5.69 Å². The van der Waals surface area contributed by atoms with Gasteiger partial charge in [-0.15, -0.1) is 0 Å². The van der Waals surface area contributed by atoms with Crippen LogP contribution in [0.25, 0.3) is 22.2 Å². The molecule has 1 atom stereocenters. The van der Waals surface area contributed by atoms with Gasteiger partial charge < -0.3 is 14.6 Å². The Labute approximate surface area is 177 Å². The van der Waals surface area contributed by atoms with Gasteiger partial charge >= 0.3 is 6.03 Å². The summed E-state index contributed by atoms with van der Waals surface area (Å²) in [6.45, 7) is 0.518. The van der Waals surface area contributed by atoms with Crippen LogP contribution in [0.15, 0.2) is 71.1 Å². The number of amides is 2. The summed E-state index contributed by atoms with van der Waals surface area (Å²) in [4.78, 5) is 19.0. The molecule has 0 bridgehead atoms. The number of carbonyl (C=O) groups is 1. The van der Waals surface area contributed by atoms with Crippen molar-refractivity contribution in [3.8, 4) is 11.1 Å². The van der Waals surface area contributed by atoms with Gasteiger partial charge in [-0.05, 0) is 48.7 Å². The van der Waals surface area contributed by atoms with Crippen LogP contribution in [-0.2, 0) is 0 Å². The number of carbonyl (C=O) groups excluding carboxylic acids is 1. The third-order valence-corrected chi connectivity index (χ3v) is 5.50.